The van der Waals surface area contributed by atoms with Gasteiger partial charge in [-0.05, 0) is 38.1 Å². The summed E-state index contributed by atoms with van der Waals surface area (Å²) in [6.45, 7) is 6.78. The van der Waals surface area contributed by atoms with Gasteiger partial charge in [-0.25, -0.2) is 8.78 Å². The second-order valence-corrected chi connectivity index (χ2v) is 5.83. The van der Waals surface area contributed by atoms with Gasteiger partial charge < -0.3 is 5.32 Å². The van der Waals surface area contributed by atoms with Crippen molar-refractivity contribution in [2.75, 3.05) is 6.54 Å². The fourth-order valence-corrected chi connectivity index (χ4v) is 3.18. The minimum Gasteiger partial charge on any atom is -0.306 e. The molecule has 4 heteroatoms. The minimum atomic E-state index is -0.546. The van der Waals surface area contributed by atoms with Gasteiger partial charge in [-0.15, -0.1) is 11.3 Å². The summed E-state index contributed by atoms with van der Waals surface area (Å²) in [7, 11) is 0. The van der Waals surface area contributed by atoms with Crippen LogP contribution in [0.5, 0.6) is 0 Å². The molecule has 19 heavy (non-hydrogen) atoms. The molecule has 0 radical (unpaired) electrons. The third-order valence-electron chi connectivity index (χ3n) is 3.15. The fraction of sp³-hybridized carbons (Fsp3) is 0.333. The number of hydrogen-bond acceptors (Lipinski definition) is 2. The number of thiophene rings is 1. The normalized spacial score (nSPS) is 12.7. The van der Waals surface area contributed by atoms with Crippen LogP contribution in [0, 0.1) is 25.5 Å². The minimum absolute atomic E-state index is 0.219. The molecule has 0 fully saturated rings. The van der Waals surface area contributed by atoms with Crippen LogP contribution in [-0.4, -0.2) is 6.54 Å². The van der Waals surface area contributed by atoms with E-state index in [1.807, 2.05) is 20.8 Å². The Morgan fingerprint density at radius 3 is 2.47 bits per heavy atom. The molecular formula is C15H17F2NS. The second kappa shape index (κ2) is 5.80. The van der Waals surface area contributed by atoms with E-state index in [0.29, 0.717) is 5.56 Å². The highest BCUT2D eigenvalue weighted by Crippen LogP contribution is 2.32. The molecule has 0 aliphatic rings. The van der Waals surface area contributed by atoms with Crippen LogP contribution in [-0.2, 0) is 0 Å². The lowest BCUT2D eigenvalue weighted by atomic mass is 10.0. The van der Waals surface area contributed by atoms with Crippen molar-refractivity contribution < 1.29 is 8.78 Å². The Balaban J connectivity index is 2.44. The van der Waals surface area contributed by atoms with Crippen LogP contribution < -0.4 is 5.32 Å². The summed E-state index contributed by atoms with van der Waals surface area (Å²) in [6, 6.07) is 5.60. The predicted molar refractivity (Wildman–Crippen MR) is 75.7 cm³/mol. The highest BCUT2D eigenvalue weighted by Gasteiger charge is 2.19. The average molecular weight is 281 g/mol. The van der Waals surface area contributed by atoms with Crippen molar-refractivity contribution in [2.45, 2.75) is 26.8 Å². The molecule has 2 aromatic rings. The van der Waals surface area contributed by atoms with E-state index in [9.17, 15) is 8.78 Å². The monoisotopic (exact) mass is 281 g/mol. The fourth-order valence-electron chi connectivity index (χ4n) is 2.05. The third-order valence-corrected chi connectivity index (χ3v) is 4.37. The van der Waals surface area contributed by atoms with Gasteiger partial charge >= 0.3 is 0 Å². The Kier molecular flexibility index (Phi) is 4.32. The topological polar surface area (TPSA) is 12.0 Å². The van der Waals surface area contributed by atoms with Gasteiger partial charge in [0.1, 0.15) is 11.6 Å². The zero-order valence-electron chi connectivity index (χ0n) is 11.3. The van der Waals surface area contributed by atoms with E-state index in [2.05, 4.69) is 11.4 Å². The molecule has 0 saturated heterocycles. The number of nitrogens with one attached hydrogen (secondary N) is 1. The molecule has 1 aromatic carbocycles. The Bertz CT molecular complexity index is 558. The summed E-state index contributed by atoms with van der Waals surface area (Å²) in [5.41, 5.74) is 1.69. The number of halogens is 2. The zero-order valence-corrected chi connectivity index (χ0v) is 12.1. The first kappa shape index (κ1) is 14.2. The van der Waals surface area contributed by atoms with Crippen molar-refractivity contribution in [2.24, 2.45) is 0 Å². The van der Waals surface area contributed by atoms with Crippen LogP contribution in [0.25, 0.3) is 0 Å². The van der Waals surface area contributed by atoms with E-state index in [1.54, 1.807) is 11.3 Å². The lowest BCUT2D eigenvalue weighted by Crippen LogP contribution is -2.22. The van der Waals surface area contributed by atoms with Crippen LogP contribution in [0.4, 0.5) is 8.78 Å². The Morgan fingerprint density at radius 2 is 1.95 bits per heavy atom. The van der Waals surface area contributed by atoms with Gasteiger partial charge in [0.05, 0.1) is 6.04 Å². The lowest BCUT2D eigenvalue weighted by Gasteiger charge is -2.17. The largest absolute Gasteiger partial charge is 0.306 e. The van der Waals surface area contributed by atoms with Crippen LogP contribution in [0.3, 0.4) is 0 Å². The molecule has 0 aliphatic heterocycles. The Labute approximate surface area is 116 Å². The van der Waals surface area contributed by atoms with E-state index in [4.69, 9.17) is 0 Å². The van der Waals surface area contributed by atoms with E-state index in [-0.39, 0.29) is 6.04 Å². The molecule has 1 N–H and O–H groups in total. The van der Waals surface area contributed by atoms with Crippen LogP contribution in [0.15, 0.2) is 24.3 Å². The van der Waals surface area contributed by atoms with Crippen molar-refractivity contribution in [1.29, 1.82) is 0 Å². The quantitative estimate of drug-likeness (QED) is 0.879. The number of benzene rings is 1. The highest BCUT2D eigenvalue weighted by atomic mass is 32.1. The number of aryl methyl sites for hydroxylation is 2. The van der Waals surface area contributed by atoms with E-state index in [0.717, 1.165) is 17.5 Å². The van der Waals surface area contributed by atoms with Gasteiger partial charge in [0, 0.05) is 21.4 Å². The first-order chi connectivity index (χ1) is 9.02. The molecule has 0 amide bonds. The lowest BCUT2D eigenvalue weighted by molar-refractivity contribution is 0.544. The summed E-state index contributed by atoms with van der Waals surface area (Å²) in [6.07, 6.45) is 0. The van der Waals surface area contributed by atoms with E-state index < -0.39 is 11.6 Å². The molecule has 1 atom stereocenters. The predicted octanol–water partition coefficient (Wildman–Crippen LogP) is 4.34. The molecule has 0 spiro atoms. The standard InChI is InChI=1S/C15H17F2NS/c1-4-18-15(14-7-9(2)10(3)19-14)12-6-5-11(16)8-13(12)17/h5-8,15,18H,4H2,1-3H3. The van der Waals surface area contributed by atoms with Crippen molar-refractivity contribution in [3.05, 3.63) is 56.8 Å². The SMILES string of the molecule is CCNC(c1cc(C)c(C)s1)c1ccc(F)cc1F. The average Bonchev–Trinajstić information content (AvgIpc) is 2.67. The van der Waals surface area contributed by atoms with Crippen LogP contribution in [0.2, 0.25) is 0 Å². The maximum absolute atomic E-state index is 13.9. The molecule has 1 aromatic heterocycles. The highest BCUT2D eigenvalue weighted by molar-refractivity contribution is 7.12. The van der Waals surface area contributed by atoms with Crippen molar-refractivity contribution >= 4 is 11.3 Å². The maximum atomic E-state index is 13.9. The van der Waals surface area contributed by atoms with Gasteiger partial charge in [0.25, 0.3) is 0 Å². The van der Waals surface area contributed by atoms with Crippen molar-refractivity contribution in [3.63, 3.8) is 0 Å². The van der Waals surface area contributed by atoms with E-state index in [1.165, 1.54) is 22.6 Å². The smallest absolute Gasteiger partial charge is 0.131 e. The summed E-state index contributed by atoms with van der Waals surface area (Å²) < 4.78 is 27.0. The van der Waals surface area contributed by atoms with Crippen molar-refractivity contribution in [1.82, 2.24) is 5.32 Å². The zero-order chi connectivity index (χ0) is 14.0. The molecule has 0 bridgehead atoms. The van der Waals surface area contributed by atoms with Gasteiger partial charge in [-0.1, -0.05) is 13.0 Å². The Morgan fingerprint density at radius 1 is 1.21 bits per heavy atom. The van der Waals surface area contributed by atoms with Crippen LogP contribution >= 0.6 is 11.3 Å². The van der Waals surface area contributed by atoms with Crippen molar-refractivity contribution in [3.8, 4) is 0 Å². The third kappa shape index (κ3) is 3.01. The van der Waals surface area contributed by atoms with Gasteiger partial charge in [0.2, 0.25) is 0 Å². The first-order valence-electron chi connectivity index (χ1n) is 6.28. The number of rotatable bonds is 4. The summed E-state index contributed by atoms with van der Waals surface area (Å²) in [5.74, 6) is -1.05. The van der Waals surface area contributed by atoms with Crippen LogP contribution in [0.1, 0.15) is 33.8 Å². The first-order valence-corrected chi connectivity index (χ1v) is 7.09. The van der Waals surface area contributed by atoms with Gasteiger partial charge in [-0.3, -0.25) is 0 Å². The molecule has 1 nitrogen and oxygen atoms in total. The van der Waals surface area contributed by atoms with Gasteiger partial charge in [0.15, 0.2) is 0 Å². The molecule has 1 heterocycles. The molecule has 1 unspecified atom stereocenters. The summed E-state index contributed by atoms with van der Waals surface area (Å²) in [5, 5.41) is 3.26. The maximum Gasteiger partial charge on any atom is 0.131 e. The van der Waals surface area contributed by atoms with Gasteiger partial charge in [-0.2, -0.15) is 0 Å². The summed E-state index contributed by atoms with van der Waals surface area (Å²) in [4.78, 5) is 2.28. The second-order valence-electron chi connectivity index (χ2n) is 4.54. The molecular weight excluding hydrogens is 264 g/mol. The summed E-state index contributed by atoms with van der Waals surface area (Å²) >= 11 is 1.65. The molecule has 2 rings (SSSR count). The Hall–Kier alpha value is -1.26. The number of hydrogen-bond donors (Lipinski definition) is 1. The molecule has 0 aliphatic carbocycles. The molecule has 102 valence electrons. The van der Waals surface area contributed by atoms with E-state index >= 15 is 0 Å². The molecule has 0 saturated carbocycles.